The second-order valence-corrected chi connectivity index (χ2v) is 45.3. The molecule has 18 atom stereocenters. The SMILES string of the molecule is COC(=O)C[C@H](C(=O)N1CCC[C@H]1C(C)C)C1CC1.COC(=O)C[C@H](C(=O)N1CCC[C@H]1C(C)C)C1CCC1.COC(=O)C[C@H](C(=O)N1CCC[C@H]1C(C)C)C1CCCC1.COC(=O)C[C@H](C(=O)N1C[C@@H](F)C[C@H]1C(C)C)C(C)C.COC(=O)C[C@H](C(=O)N1C[C@@H](OC)C[C@H]1C(C)C)C(C)C.COC(=O)C[C@H](C(=O)N1C[C@H](F)C[C@H]1C(C)C)C(C)C.COC(=O)C[C@H](C(=O)N1C[C@H](OC)C[C@H]1C(C)C)C(C)C. The van der Waals surface area contributed by atoms with Crippen LogP contribution in [0, 0.1) is 124 Å². The van der Waals surface area contributed by atoms with E-state index in [4.69, 9.17) is 33.2 Å². The smallest absolute Gasteiger partial charge is 0.306 e. The molecule has 0 N–H and O–H groups in total. The Morgan fingerprint density at radius 2 is 0.437 bits per heavy atom. The zero-order valence-corrected chi connectivity index (χ0v) is 93.1. The summed E-state index contributed by atoms with van der Waals surface area (Å²) < 4.78 is 71.3. The Kier molecular flexibility index (Phi) is 55.7. The Balaban J connectivity index is 0.000000346. The maximum absolute atomic E-state index is 13.7. The molecule has 3 aliphatic carbocycles. The van der Waals surface area contributed by atoms with Gasteiger partial charge < -0.3 is 76.9 Å². The van der Waals surface area contributed by atoms with Gasteiger partial charge >= 0.3 is 41.8 Å². The van der Waals surface area contributed by atoms with Gasteiger partial charge in [0.1, 0.15) is 12.3 Å². The van der Waals surface area contributed by atoms with Crippen LogP contribution in [0.4, 0.5) is 8.78 Å². The number of likely N-dealkylation sites (tertiary alicyclic amines) is 7. The van der Waals surface area contributed by atoms with Crippen LogP contribution in [-0.4, -0.2) is 294 Å². The van der Waals surface area contributed by atoms with Crippen LogP contribution in [0.3, 0.4) is 0 Å². The van der Waals surface area contributed by atoms with Gasteiger partial charge in [-0.2, -0.15) is 0 Å². The van der Waals surface area contributed by atoms with Crippen molar-refractivity contribution >= 4 is 83.1 Å². The van der Waals surface area contributed by atoms with Crippen molar-refractivity contribution in [1.29, 1.82) is 0 Å². The molecule has 0 aromatic heterocycles. The second kappa shape index (κ2) is 62.5. The van der Waals surface area contributed by atoms with Gasteiger partial charge in [-0.3, -0.25) is 67.1 Å². The molecule has 30 nitrogen and oxygen atoms in total. The first kappa shape index (κ1) is 127. The number of carbonyl (C=O) groups excluding carboxylic acids is 14. The highest BCUT2D eigenvalue weighted by Gasteiger charge is 2.50. The summed E-state index contributed by atoms with van der Waals surface area (Å²) in [5, 5.41) is 0. The highest BCUT2D eigenvalue weighted by atomic mass is 19.1. The van der Waals surface area contributed by atoms with Crippen molar-refractivity contribution in [2.75, 3.05) is 110 Å². The van der Waals surface area contributed by atoms with Crippen molar-refractivity contribution in [3.05, 3.63) is 0 Å². The molecule has 10 fully saturated rings. The van der Waals surface area contributed by atoms with Gasteiger partial charge in [0.05, 0.1) is 161 Å². The molecule has 0 aromatic carbocycles. The monoisotopic (exact) mass is 2020 g/mol. The minimum Gasteiger partial charge on any atom is -0.469 e. The van der Waals surface area contributed by atoms with Crippen molar-refractivity contribution in [3.63, 3.8) is 0 Å². The molecule has 3 saturated carbocycles. The Hall–Kier alpha value is -7.64. The normalized spacial score (nSPS) is 24.3. The molecule has 0 radical (unpaired) electrons. The van der Waals surface area contributed by atoms with Crippen molar-refractivity contribution < 1.29 is 119 Å². The fourth-order valence-corrected chi connectivity index (χ4v) is 22.3. The Morgan fingerprint density at radius 1 is 0.232 bits per heavy atom. The first-order valence-electron chi connectivity index (χ1n) is 53.7. The maximum atomic E-state index is 13.7. The van der Waals surface area contributed by atoms with E-state index in [0.717, 1.165) is 110 Å². The van der Waals surface area contributed by atoms with Gasteiger partial charge in [-0.25, -0.2) is 8.78 Å². The minimum atomic E-state index is -0.961. The summed E-state index contributed by atoms with van der Waals surface area (Å²) in [6.45, 7) is 49.1. The quantitative estimate of drug-likeness (QED) is 0.0412. The summed E-state index contributed by atoms with van der Waals surface area (Å²) in [5.74, 6) is 0.272. The lowest BCUT2D eigenvalue weighted by molar-refractivity contribution is -0.150. The van der Waals surface area contributed by atoms with E-state index in [-0.39, 0.29) is 231 Å². The summed E-state index contributed by atoms with van der Waals surface area (Å²) >= 11 is 0. The number of alkyl halides is 2. The number of halogens is 2. The Labute approximate surface area is 851 Å². The minimum absolute atomic E-state index is 0.0214. The highest BCUT2D eigenvalue weighted by molar-refractivity contribution is 5.89. The van der Waals surface area contributed by atoms with Crippen LogP contribution in [-0.2, 0) is 110 Å². The third-order valence-corrected chi connectivity index (χ3v) is 31.7. The van der Waals surface area contributed by atoms with E-state index in [9.17, 15) is 75.9 Å². The second-order valence-electron chi connectivity index (χ2n) is 45.3. The van der Waals surface area contributed by atoms with E-state index in [2.05, 4.69) is 83.6 Å². The molecule has 818 valence electrons. The molecule has 7 aliphatic heterocycles. The number of hydrogen-bond acceptors (Lipinski definition) is 23. The first-order valence-corrected chi connectivity index (χ1v) is 53.7. The molecule has 10 rings (SSSR count). The zero-order chi connectivity index (χ0) is 107. The number of hydrogen-bond donors (Lipinski definition) is 0. The molecule has 7 amide bonds. The van der Waals surface area contributed by atoms with Gasteiger partial charge in [0, 0.05) is 102 Å². The number of ether oxygens (including phenoxy) is 9. The van der Waals surface area contributed by atoms with Crippen molar-refractivity contribution in [3.8, 4) is 0 Å². The molecule has 32 heteroatoms. The Morgan fingerprint density at radius 3 is 0.627 bits per heavy atom. The molecule has 7 heterocycles. The first-order chi connectivity index (χ1) is 66.8. The number of esters is 7. The van der Waals surface area contributed by atoms with Crippen molar-refractivity contribution in [2.24, 2.45) is 124 Å². The molecular formula is C110H191F2N7O23. The zero-order valence-electron chi connectivity index (χ0n) is 93.1. The number of nitrogens with zero attached hydrogens (tertiary/aromatic N) is 7. The van der Waals surface area contributed by atoms with Gasteiger partial charge in [0.15, 0.2) is 0 Å². The molecule has 7 saturated heterocycles. The summed E-state index contributed by atoms with van der Waals surface area (Å²) in [4.78, 5) is 184. The van der Waals surface area contributed by atoms with E-state index < -0.39 is 36.1 Å². The van der Waals surface area contributed by atoms with Crippen LogP contribution in [0.5, 0.6) is 0 Å². The summed E-state index contributed by atoms with van der Waals surface area (Å²) in [7, 11) is 12.9. The van der Waals surface area contributed by atoms with E-state index in [1.165, 1.54) is 69.0 Å². The number of carbonyl (C=O) groups is 14. The predicted octanol–water partition coefficient (Wildman–Crippen LogP) is 16.9. The van der Waals surface area contributed by atoms with Crippen LogP contribution in [0.2, 0.25) is 0 Å². The molecule has 10 aliphatic rings. The van der Waals surface area contributed by atoms with E-state index in [1.807, 2.05) is 103 Å². The standard InChI is InChI=1S/C17H29NO3.2C16H29NO4.C16H27NO3.2C15H26FNO3.C15H25NO3/c1-12(2)15-9-6-10-18(15)17(20)14(11-16(19)21-3)13-7-4-5-8-13;2*1-10(2)13(8-15(18)21-6)16(19)17-9-12(20-5)7-14(17)11(3)4;1-11(2)14-8-5-9-17(14)16(19)13(10-15(18)20-3)12-6-4-7-12;2*1-9(2)12(7-14(18)20-5)15(19)17-8-11(16)6-13(17)10(3)4;1-10(2)13-5-4-8-16(13)15(18)12(11-6-7-11)9-14(17)19-3/h12-15H,4-11H2,1-3H3;2*10-14H,7-9H2,1-6H3;11-14H,4-10H2,1-3H3;2*9-13H,6-8H2,1-5H3;10-13H,4-9H2,1-3H3/t14-,15-;12-,13+,14+;12-,13-,14-;13-,14-;11-,12+,13+;11-,12-,13-;12-,13-/m0100100/s1. The van der Waals surface area contributed by atoms with Crippen LogP contribution >= 0.6 is 0 Å². The van der Waals surface area contributed by atoms with E-state index in [0.29, 0.717) is 91.4 Å². The summed E-state index contributed by atoms with van der Waals surface area (Å²) in [6.07, 6.45) is 18.5. The predicted molar refractivity (Wildman–Crippen MR) is 542 cm³/mol. The molecular weight excluding hydrogens is 1830 g/mol. The average Bonchev–Trinajstić information content (AvgIpc) is 1.71. The number of amides is 7. The van der Waals surface area contributed by atoms with Crippen molar-refractivity contribution in [2.45, 2.75) is 386 Å². The van der Waals surface area contributed by atoms with Crippen LogP contribution in [0.15, 0.2) is 0 Å². The lowest BCUT2D eigenvalue weighted by Gasteiger charge is -2.37. The highest BCUT2D eigenvalue weighted by Crippen LogP contribution is 2.44. The number of methoxy groups -OCH3 is 9. The van der Waals surface area contributed by atoms with Gasteiger partial charge in [0.2, 0.25) is 41.4 Å². The fraction of sp³-hybridized carbons (Fsp3) is 0.873. The maximum Gasteiger partial charge on any atom is 0.306 e. The van der Waals surface area contributed by atoms with Gasteiger partial charge in [-0.05, 0) is 173 Å². The van der Waals surface area contributed by atoms with Crippen LogP contribution in [0.25, 0.3) is 0 Å². The molecule has 0 spiro atoms. The largest absolute Gasteiger partial charge is 0.469 e. The lowest BCUT2D eigenvalue weighted by atomic mass is 9.73. The molecule has 142 heavy (non-hydrogen) atoms. The molecule has 0 unspecified atom stereocenters. The van der Waals surface area contributed by atoms with Crippen molar-refractivity contribution in [1.82, 2.24) is 34.3 Å². The van der Waals surface area contributed by atoms with Gasteiger partial charge in [-0.15, -0.1) is 0 Å². The third-order valence-electron chi connectivity index (χ3n) is 31.7. The van der Waals surface area contributed by atoms with E-state index in [1.54, 1.807) is 24.0 Å². The number of rotatable bonds is 37. The Bertz CT molecular complexity index is 3760. The van der Waals surface area contributed by atoms with Crippen LogP contribution in [0.1, 0.15) is 319 Å². The summed E-state index contributed by atoms with van der Waals surface area (Å²) in [6, 6.07) is 1.27. The third kappa shape index (κ3) is 38.2. The van der Waals surface area contributed by atoms with Crippen LogP contribution < -0.4 is 0 Å². The summed E-state index contributed by atoms with van der Waals surface area (Å²) in [5.41, 5.74) is 0. The average molecular weight is 2020 g/mol. The molecule has 0 aromatic rings. The fourth-order valence-electron chi connectivity index (χ4n) is 22.3. The van der Waals surface area contributed by atoms with Gasteiger partial charge in [-0.1, -0.05) is 172 Å². The topological polar surface area (TPSA) is 345 Å². The lowest BCUT2D eigenvalue weighted by Crippen LogP contribution is -2.45. The molecule has 0 bridgehead atoms. The van der Waals surface area contributed by atoms with E-state index >= 15 is 0 Å². The van der Waals surface area contributed by atoms with Gasteiger partial charge in [0.25, 0.3) is 0 Å².